The summed E-state index contributed by atoms with van der Waals surface area (Å²) in [5, 5.41) is 42.2. The highest BCUT2D eigenvalue weighted by Gasteiger charge is 2.49. The van der Waals surface area contributed by atoms with Crippen LogP contribution in [0.5, 0.6) is 0 Å². The molecule has 11 heteroatoms. The molecule has 6 atom stereocenters. The van der Waals surface area contributed by atoms with Gasteiger partial charge in [0.25, 0.3) is 0 Å². The number of carboxylic acids is 1. The van der Waals surface area contributed by atoms with E-state index in [-0.39, 0.29) is 12.8 Å². The Hall–Kier alpha value is -1.85. The highest BCUT2D eigenvalue weighted by molar-refractivity contribution is 6.12. The van der Waals surface area contributed by atoms with Gasteiger partial charge in [-0.15, -0.1) is 0 Å². The maximum Gasteiger partial charge on any atom is 0.394 e. The summed E-state index contributed by atoms with van der Waals surface area (Å²) in [7, 11) is 4.94. The molecule has 0 aromatic rings. The largest absolute Gasteiger partial charge is 0.481 e. The van der Waals surface area contributed by atoms with Crippen LogP contribution in [0.1, 0.15) is 19.8 Å². The van der Waals surface area contributed by atoms with Crippen molar-refractivity contribution in [3.8, 4) is 0 Å². The van der Waals surface area contributed by atoms with Crippen LogP contribution < -0.4 is 10.5 Å². The summed E-state index contributed by atoms with van der Waals surface area (Å²) >= 11 is 0. The van der Waals surface area contributed by atoms with Crippen LogP contribution in [0.3, 0.4) is 0 Å². The van der Waals surface area contributed by atoms with Crippen molar-refractivity contribution >= 4 is 26.0 Å². The molecule has 2 amide bonds. The van der Waals surface area contributed by atoms with Gasteiger partial charge in [-0.3, -0.25) is 9.59 Å². The number of ether oxygens (including phenoxy) is 1. The summed E-state index contributed by atoms with van der Waals surface area (Å²) in [4.78, 5) is 34.1. The van der Waals surface area contributed by atoms with Crippen molar-refractivity contribution in [3.05, 3.63) is 0 Å². The minimum atomic E-state index is -1.58. The summed E-state index contributed by atoms with van der Waals surface area (Å²) in [5.41, 5.74) is 0. The number of rotatable bonds is 7. The molecular weight excluding hydrogens is 323 g/mol. The van der Waals surface area contributed by atoms with Crippen molar-refractivity contribution < 1.29 is 39.5 Å². The smallest absolute Gasteiger partial charge is 0.394 e. The first kappa shape index (κ1) is 20.2. The summed E-state index contributed by atoms with van der Waals surface area (Å²) in [6, 6.07) is -1.12. The number of carbonyl (C=O) groups excluding carboxylic acids is 2. The molecule has 0 spiro atoms. The number of hydrogen-bond donors (Lipinski definition) is 6. The van der Waals surface area contributed by atoms with E-state index in [1.165, 1.54) is 6.92 Å². The van der Waals surface area contributed by atoms with Crippen LogP contribution in [0.2, 0.25) is 0 Å². The number of hydrogen-bond acceptors (Lipinski definition) is 7. The van der Waals surface area contributed by atoms with Crippen molar-refractivity contribution in [1.29, 1.82) is 0 Å². The average molecular weight is 344 g/mol. The van der Waals surface area contributed by atoms with Crippen LogP contribution in [0.15, 0.2) is 0 Å². The highest BCUT2D eigenvalue weighted by atomic mass is 16.6. The van der Waals surface area contributed by atoms with E-state index in [0.717, 1.165) is 0 Å². The van der Waals surface area contributed by atoms with E-state index < -0.39 is 60.8 Å². The van der Waals surface area contributed by atoms with Gasteiger partial charge in [-0.25, -0.2) is 4.79 Å². The molecule has 1 rings (SSSR count). The third-order valence-electron chi connectivity index (χ3n) is 4.09. The van der Waals surface area contributed by atoms with Crippen molar-refractivity contribution in [1.82, 2.24) is 10.5 Å². The molecular formula is C13H21BN2O8. The molecule has 0 aliphatic heterocycles. The highest BCUT2D eigenvalue weighted by Crippen LogP contribution is 2.37. The van der Waals surface area contributed by atoms with Gasteiger partial charge in [-0.1, -0.05) is 0 Å². The number of carbonyl (C=O) groups is 3. The monoisotopic (exact) mass is 344 g/mol. The maximum absolute atomic E-state index is 11.4. The first-order valence-electron chi connectivity index (χ1n) is 7.37. The van der Waals surface area contributed by atoms with Gasteiger partial charge in [-0.2, -0.15) is 0 Å². The molecule has 1 fully saturated rings. The van der Waals surface area contributed by atoms with Gasteiger partial charge in [0.2, 0.25) is 13.9 Å². The Balaban J connectivity index is 3.10. The van der Waals surface area contributed by atoms with Crippen molar-refractivity contribution in [2.24, 2.45) is 11.8 Å². The Morgan fingerprint density at radius 1 is 1.29 bits per heavy atom. The van der Waals surface area contributed by atoms with Crippen LogP contribution in [-0.2, 0) is 14.3 Å². The number of aliphatic carboxylic acids is 1. The minimum Gasteiger partial charge on any atom is -0.481 e. The fourth-order valence-corrected chi connectivity index (χ4v) is 3.00. The van der Waals surface area contributed by atoms with Crippen LogP contribution in [0.4, 0.5) is 4.79 Å². The topological polar surface area (TPSA) is 165 Å². The van der Waals surface area contributed by atoms with Crippen molar-refractivity contribution in [2.45, 2.75) is 44.1 Å². The number of carboxylic acid groups (broad SMARTS) is 1. The second-order valence-electron chi connectivity index (χ2n) is 5.67. The van der Waals surface area contributed by atoms with E-state index in [2.05, 4.69) is 5.32 Å². The maximum atomic E-state index is 11.4. The molecule has 134 valence electrons. The Kier molecular flexibility index (Phi) is 7.45. The third-order valence-corrected chi connectivity index (χ3v) is 4.09. The van der Waals surface area contributed by atoms with E-state index >= 15 is 0 Å². The molecule has 1 aliphatic carbocycles. The molecule has 2 radical (unpaired) electrons. The molecule has 24 heavy (non-hydrogen) atoms. The molecule has 0 heterocycles. The Labute approximate surface area is 139 Å². The summed E-state index contributed by atoms with van der Waals surface area (Å²) in [6.45, 7) is 0.415. The SMILES string of the molecule is [B]NC(=O)O[C@H]1[C@@H]([C@H](NC(C)=O)[C@@H](O)[C@@H](O)CO)CC[C@@H]1C(=O)O. The lowest BCUT2D eigenvalue weighted by Crippen LogP contribution is -2.55. The van der Waals surface area contributed by atoms with Crippen molar-refractivity contribution in [2.75, 3.05) is 6.61 Å². The van der Waals surface area contributed by atoms with Crippen LogP contribution in [0.25, 0.3) is 0 Å². The predicted molar refractivity (Wildman–Crippen MR) is 79.7 cm³/mol. The van der Waals surface area contributed by atoms with Gasteiger partial charge in [-0.05, 0) is 12.8 Å². The van der Waals surface area contributed by atoms with Gasteiger partial charge in [0, 0.05) is 12.8 Å². The second kappa shape index (κ2) is 8.85. The number of aliphatic hydroxyl groups is 3. The van der Waals surface area contributed by atoms with E-state index in [0.29, 0.717) is 0 Å². The van der Waals surface area contributed by atoms with Gasteiger partial charge >= 0.3 is 12.1 Å². The zero-order valence-corrected chi connectivity index (χ0v) is 13.1. The first-order valence-corrected chi connectivity index (χ1v) is 7.37. The molecule has 0 aromatic heterocycles. The van der Waals surface area contributed by atoms with Gasteiger partial charge in [0.15, 0.2) is 0 Å². The van der Waals surface area contributed by atoms with Crippen molar-refractivity contribution in [3.63, 3.8) is 0 Å². The molecule has 0 bridgehead atoms. The lowest BCUT2D eigenvalue weighted by Gasteiger charge is -2.34. The van der Waals surface area contributed by atoms with E-state index in [9.17, 15) is 29.7 Å². The molecule has 1 aliphatic rings. The third kappa shape index (κ3) is 4.82. The standard InChI is InChI=1S/C13H21BN2O8/c1-5(18)15-9(10(20)8(19)4-17)6-2-3-7(12(21)22)11(6)24-13(23)16-14/h6-11,17,19-20H,2-4H2,1H3,(H,15,18)(H,16,23)(H,21,22)/t6-,7+,8+,9+,10+,11+/m1/s1. The van der Waals surface area contributed by atoms with Crippen LogP contribution in [0, 0.1) is 11.8 Å². The Bertz CT molecular complexity index is 477. The normalized spacial score (nSPS) is 26.9. The summed E-state index contributed by atoms with van der Waals surface area (Å²) in [5.74, 6) is -3.58. The van der Waals surface area contributed by atoms with Gasteiger partial charge < -0.3 is 35.7 Å². The number of nitrogens with one attached hydrogen (secondary N) is 2. The van der Waals surface area contributed by atoms with E-state index in [1.807, 2.05) is 0 Å². The lowest BCUT2D eigenvalue weighted by molar-refractivity contribution is -0.145. The van der Waals surface area contributed by atoms with E-state index in [4.69, 9.17) is 17.8 Å². The zero-order chi connectivity index (χ0) is 18.4. The fraction of sp³-hybridized carbons (Fsp3) is 0.769. The number of amides is 2. The van der Waals surface area contributed by atoms with E-state index in [1.54, 1.807) is 5.23 Å². The molecule has 1 saturated carbocycles. The minimum absolute atomic E-state index is 0.139. The molecule has 6 N–H and O–H groups in total. The lowest BCUT2D eigenvalue weighted by atomic mass is 9.87. The summed E-state index contributed by atoms with van der Waals surface area (Å²) in [6.07, 6.45) is -5.03. The molecule has 0 aromatic carbocycles. The average Bonchev–Trinajstić information content (AvgIpc) is 2.94. The summed E-state index contributed by atoms with van der Waals surface area (Å²) < 4.78 is 5.01. The van der Waals surface area contributed by atoms with Gasteiger partial charge in [0.1, 0.15) is 18.3 Å². The fourth-order valence-electron chi connectivity index (χ4n) is 3.00. The second-order valence-corrected chi connectivity index (χ2v) is 5.67. The Morgan fingerprint density at radius 2 is 1.92 bits per heavy atom. The van der Waals surface area contributed by atoms with Gasteiger partial charge in [0.05, 0.1) is 18.6 Å². The molecule has 0 saturated heterocycles. The molecule has 0 unspecified atom stereocenters. The zero-order valence-electron chi connectivity index (χ0n) is 13.1. The first-order chi connectivity index (χ1) is 11.2. The van der Waals surface area contributed by atoms with Crippen LogP contribution in [-0.4, -0.2) is 77.3 Å². The molecule has 10 nitrogen and oxygen atoms in total. The predicted octanol–water partition coefficient (Wildman–Crippen LogP) is -2.51. The van der Waals surface area contributed by atoms with Crippen LogP contribution >= 0.6 is 0 Å². The quantitative estimate of drug-likeness (QED) is 0.276. The Morgan fingerprint density at radius 3 is 2.38 bits per heavy atom. The number of aliphatic hydroxyl groups excluding tert-OH is 3.